The number of carbonyl (C=O) groups is 1. The summed E-state index contributed by atoms with van der Waals surface area (Å²) in [7, 11) is 0. The third kappa shape index (κ3) is 1.78. The topological polar surface area (TPSA) is 37.3 Å². The Morgan fingerprint density at radius 2 is 2.10 bits per heavy atom. The highest BCUT2D eigenvalue weighted by Crippen LogP contribution is 2.65. The number of hydrogen-bond acceptors (Lipinski definition) is 2. The van der Waals surface area contributed by atoms with Crippen molar-refractivity contribution in [3.05, 3.63) is 11.6 Å². The van der Waals surface area contributed by atoms with Gasteiger partial charge in [-0.2, -0.15) is 0 Å². The lowest BCUT2D eigenvalue weighted by atomic mass is 9.47. The molecule has 7 atom stereocenters. The monoisotopic (exact) mass is 292 g/mol. The summed E-state index contributed by atoms with van der Waals surface area (Å²) in [6.45, 7) is 4.01. The fourth-order valence-corrected chi connectivity index (χ4v) is 5.74. The van der Waals surface area contributed by atoms with E-state index in [2.05, 4.69) is 6.92 Å². The highest BCUT2D eigenvalue weighted by molar-refractivity contribution is 5.91. The molecule has 0 aliphatic heterocycles. The first-order valence-corrected chi connectivity index (χ1v) is 8.33. The molecule has 2 nitrogen and oxygen atoms in total. The van der Waals surface area contributed by atoms with Crippen molar-refractivity contribution in [1.82, 2.24) is 0 Å². The predicted octanol–water partition coefficient (Wildman–Crippen LogP) is 3.88. The SMILES string of the molecule is [2H]C1CC(=O)C=C2CC[C@H]3[C@@H]4CC([2H])([2H])[C@@]([2H])(O)[C@@]4(C)CC[C@@H]3[C@]21C. The van der Waals surface area contributed by atoms with Gasteiger partial charge in [-0.25, -0.2) is 0 Å². The molecule has 0 spiro atoms. The molecule has 4 aliphatic rings. The van der Waals surface area contributed by atoms with Gasteiger partial charge in [-0.1, -0.05) is 19.4 Å². The van der Waals surface area contributed by atoms with Gasteiger partial charge in [-0.05, 0) is 79.5 Å². The molecule has 116 valence electrons. The molecule has 0 aromatic rings. The van der Waals surface area contributed by atoms with Crippen LogP contribution in [-0.2, 0) is 4.79 Å². The standard InChI is InChI=1S/C19H28O2/c1-18-9-7-13(20)11-12(18)3-4-14-15-5-6-17(21)19(15,2)10-8-16(14)18/h11,14-17,21H,3-10H2,1-2H3/t14-,15-,16-,17+,18-,19-/m0/s1/i6D2,9D,17D/t9?,14-,15-,16-,17+,18-,19-. The summed E-state index contributed by atoms with van der Waals surface area (Å²) < 4.78 is 33.5. The lowest BCUT2D eigenvalue weighted by Crippen LogP contribution is -2.51. The largest absolute Gasteiger partial charge is 0.393 e. The second-order valence-electron chi connectivity index (χ2n) is 7.93. The second-order valence-corrected chi connectivity index (χ2v) is 7.93. The Morgan fingerprint density at radius 1 is 1.29 bits per heavy atom. The number of carbonyl (C=O) groups excluding carboxylic acids is 1. The minimum atomic E-state index is -2.06. The summed E-state index contributed by atoms with van der Waals surface area (Å²) in [5.74, 6) is 0.485. The summed E-state index contributed by atoms with van der Waals surface area (Å²) in [6, 6.07) is 0. The fourth-order valence-electron chi connectivity index (χ4n) is 5.74. The maximum Gasteiger partial charge on any atom is 0.155 e. The first-order chi connectivity index (χ1) is 11.4. The van der Waals surface area contributed by atoms with E-state index in [1.54, 1.807) is 6.08 Å². The first kappa shape index (κ1) is 10.2. The van der Waals surface area contributed by atoms with Crippen LogP contribution in [0.4, 0.5) is 0 Å². The molecule has 4 aliphatic carbocycles. The molecule has 0 radical (unpaired) electrons. The second kappa shape index (κ2) is 4.44. The number of allylic oxidation sites excluding steroid dienone is 1. The normalized spacial score (nSPS) is 64.9. The number of rotatable bonds is 0. The third-order valence-electron chi connectivity index (χ3n) is 7.13. The van der Waals surface area contributed by atoms with Crippen molar-refractivity contribution >= 4 is 5.78 Å². The van der Waals surface area contributed by atoms with Gasteiger partial charge in [0.1, 0.15) is 0 Å². The molecule has 0 bridgehead atoms. The van der Waals surface area contributed by atoms with Crippen molar-refractivity contribution in [2.75, 3.05) is 0 Å². The van der Waals surface area contributed by atoms with Gasteiger partial charge in [0, 0.05) is 10.5 Å². The van der Waals surface area contributed by atoms with E-state index in [0.717, 1.165) is 24.8 Å². The van der Waals surface area contributed by atoms with Gasteiger partial charge in [-0.15, -0.1) is 0 Å². The molecule has 3 fully saturated rings. The smallest absolute Gasteiger partial charge is 0.155 e. The zero-order valence-corrected chi connectivity index (χ0v) is 13.0. The Hall–Kier alpha value is -0.630. The van der Waals surface area contributed by atoms with Crippen LogP contribution in [-0.4, -0.2) is 17.0 Å². The van der Waals surface area contributed by atoms with E-state index in [-0.39, 0.29) is 41.8 Å². The van der Waals surface area contributed by atoms with Crippen LogP contribution >= 0.6 is 0 Å². The Labute approximate surface area is 133 Å². The van der Waals surface area contributed by atoms with E-state index in [4.69, 9.17) is 5.48 Å². The van der Waals surface area contributed by atoms with Crippen molar-refractivity contribution < 1.29 is 15.4 Å². The van der Waals surface area contributed by atoms with Crippen molar-refractivity contribution in [2.45, 2.75) is 71.2 Å². The Kier molecular flexibility index (Phi) is 2.16. The van der Waals surface area contributed by atoms with E-state index in [0.29, 0.717) is 6.42 Å². The average molecular weight is 292 g/mol. The van der Waals surface area contributed by atoms with Gasteiger partial charge in [0.05, 0.1) is 7.45 Å². The molecule has 0 aromatic carbocycles. The Balaban J connectivity index is 1.75. The number of fused-ring (bicyclic) bond motifs is 5. The molecule has 0 aromatic heterocycles. The van der Waals surface area contributed by atoms with Crippen molar-refractivity contribution in [1.29, 1.82) is 0 Å². The van der Waals surface area contributed by atoms with Crippen molar-refractivity contribution in [3.63, 3.8) is 0 Å². The number of hydrogen-bond donors (Lipinski definition) is 1. The third-order valence-corrected chi connectivity index (χ3v) is 7.13. The van der Waals surface area contributed by atoms with Gasteiger partial charge in [0.2, 0.25) is 0 Å². The van der Waals surface area contributed by atoms with Crippen LogP contribution in [0, 0.1) is 28.6 Å². The molecule has 0 amide bonds. The molecule has 1 N–H and O–H groups in total. The quantitative estimate of drug-likeness (QED) is 0.735. The maximum atomic E-state index is 11.9. The molecule has 1 unspecified atom stereocenters. The highest BCUT2D eigenvalue weighted by atomic mass is 16.3. The fraction of sp³-hybridized carbons (Fsp3) is 0.842. The van der Waals surface area contributed by atoms with Crippen LogP contribution in [0.25, 0.3) is 0 Å². The van der Waals surface area contributed by atoms with Crippen LogP contribution < -0.4 is 0 Å². The van der Waals surface area contributed by atoms with E-state index in [1.165, 1.54) is 0 Å². The van der Waals surface area contributed by atoms with Gasteiger partial charge in [-0.3, -0.25) is 4.79 Å². The summed E-state index contributed by atoms with van der Waals surface area (Å²) >= 11 is 0. The number of ketones is 1. The van der Waals surface area contributed by atoms with Crippen LogP contribution in [0.2, 0.25) is 0 Å². The minimum Gasteiger partial charge on any atom is -0.393 e. The minimum absolute atomic E-state index is 0.0352. The van der Waals surface area contributed by atoms with Gasteiger partial charge in [0.25, 0.3) is 0 Å². The average Bonchev–Trinajstić information content (AvgIpc) is 2.65. The summed E-state index contributed by atoms with van der Waals surface area (Å²) in [4.78, 5) is 11.9. The Morgan fingerprint density at radius 3 is 2.90 bits per heavy atom. The first-order valence-electron chi connectivity index (χ1n) is 10.4. The highest BCUT2D eigenvalue weighted by Gasteiger charge is 2.58. The van der Waals surface area contributed by atoms with Crippen LogP contribution in [0.1, 0.15) is 70.6 Å². The van der Waals surface area contributed by atoms with E-state index >= 15 is 0 Å². The number of aliphatic hydroxyl groups is 1. The summed E-state index contributed by atoms with van der Waals surface area (Å²) in [6.07, 6.45) is 0.929. The van der Waals surface area contributed by atoms with E-state index < -0.39 is 24.3 Å². The molecule has 2 heteroatoms. The van der Waals surface area contributed by atoms with Crippen LogP contribution in [0.15, 0.2) is 11.6 Å². The lowest BCUT2D eigenvalue weighted by Gasteiger charge is -2.57. The van der Waals surface area contributed by atoms with Gasteiger partial charge in [0.15, 0.2) is 5.78 Å². The van der Waals surface area contributed by atoms with E-state index in [1.807, 2.05) is 6.92 Å². The molecular formula is C19H28O2. The molecule has 0 heterocycles. The molecule has 3 saturated carbocycles. The Bertz CT molecular complexity index is 658. The zero-order valence-electron chi connectivity index (χ0n) is 17.0. The van der Waals surface area contributed by atoms with Gasteiger partial charge >= 0.3 is 0 Å². The van der Waals surface area contributed by atoms with Crippen molar-refractivity contribution in [3.8, 4) is 0 Å². The van der Waals surface area contributed by atoms with Crippen LogP contribution in [0.3, 0.4) is 0 Å². The van der Waals surface area contributed by atoms with Crippen molar-refractivity contribution in [2.24, 2.45) is 28.6 Å². The lowest BCUT2D eigenvalue weighted by molar-refractivity contribution is -0.118. The molecule has 4 rings (SSSR count). The van der Waals surface area contributed by atoms with E-state index in [9.17, 15) is 9.90 Å². The molecular weight excluding hydrogens is 260 g/mol. The summed E-state index contributed by atoms with van der Waals surface area (Å²) in [5.41, 5.74) is 0.0425. The van der Waals surface area contributed by atoms with Gasteiger partial charge < -0.3 is 5.11 Å². The summed E-state index contributed by atoms with van der Waals surface area (Å²) in [5, 5.41) is 10.7. The predicted molar refractivity (Wildman–Crippen MR) is 82.7 cm³/mol. The molecule has 0 saturated heterocycles. The zero-order chi connectivity index (χ0) is 18.4. The molecule has 21 heavy (non-hydrogen) atoms. The van der Waals surface area contributed by atoms with Crippen LogP contribution in [0.5, 0.6) is 0 Å². The maximum absolute atomic E-state index is 11.9.